The molecule has 0 aliphatic heterocycles. The van der Waals surface area contributed by atoms with Crippen LogP contribution in [0.1, 0.15) is 39.0 Å². The lowest BCUT2D eigenvalue weighted by Crippen LogP contribution is -2.43. The van der Waals surface area contributed by atoms with Gasteiger partial charge in [0, 0.05) is 13.6 Å². The van der Waals surface area contributed by atoms with Crippen molar-refractivity contribution in [1.82, 2.24) is 4.90 Å². The fraction of sp³-hybridized carbons (Fsp3) is 0.692. The highest BCUT2D eigenvalue weighted by Crippen LogP contribution is 2.37. The lowest BCUT2D eigenvalue weighted by Gasteiger charge is -2.33. The molecule has 0 bridgehead atoms. The van der Waals surface area contributed by atoms with Gasteiger partial charge in [-0.3, -0.25) is 4.79 Å². The second kappa shape index (κ2) is 5.16. The molecular formula is C13H20N2O. The first-order valence-electron chi connectivity index (χ1n) is 5.83. The topological polar surface area (TPSA) is 44.1 Å². The third-order valence-corrected chi connectivity index (χ3v) is 3.18. The number of carbonyl (C=O) groups excluding carboxylic acids is 1. The van der Waals surface area contributed by atoms with Gasteiger partial charge in [0.15, 0.2) is 0 Å². The van der Waals surface area contributed by atoms with E-state index in [1.807, 2.05) is 6.92 Å². The van der Waals surface area contributed by atoms with Gasteiger partial charge in [-0.05, 0) is 19.8 Å². The van der Waals surface area contributed by atoms with Gasteiger partial charge in [0.2, 0.25) is 5.91 Å². The minimum Gasteiger partial charge on any atom is -0.340 e. The van der Waals surface area contributed by atoms with Crippen LogP contribution in [0.5, 0.6) is 0 Å². The van der Waals surface area contributed by atoms with E-state index in [0.717, 1.165) is 24.8 Å². The van der Waals surface area contributed by atoms with Gasteiger partial charge < -0.3 is 4.90 Å². The van der Waals surface area contributed by atoms with E-state index >= 15 is 0 Å². The molecule has 1 aliphatic carbocycles. The van der Waals surface area contributed by atoms with Gasteiger partial charge >= 0.3 is 0 Å². The van der Waals surface area contributed by atoms with Gasteiger partial charge in [-0.2, -0.15) is 5.26 Å². The molecule has 1 saturated carbocycles. The molecular weight excluding hydrogens is 200 g/mol. The van der Waals surface area contributed by atoms with Crippen molar-refractivity contribution in [2.24, 2.45) is 5.41 Å². The highest BCUT2D eigenvalue weighted by molar-refractivity contribution is 5.85. The molecule has 0 spiro atoms. The van der Waals surface area contributed by atoms with Crippen molar-refractivity contribution in [3.8, 4) is 6.07 Å². The lowest BCUT2D eigenvalue weighted by molar-refractivity contribution is -0.138. The van der Waals surface area contributed by atoms with Crippen molar-refractivity contribution in [2.75, 3.05) is 13.6 Å². The summed E-state index contributed by atoms with van der Waals surface area (Å²) >= 11 is 0. The normalized spacial score (nSPS) is 18.6. The zero-order valence-corrected chi connectivity index (χ0v) is 10.3. The molecule has 0 saturated heterocycles. The van der Waals surface area contributed by atoms with E-state index < -0.39 is 5.41 Å². The van der Waals surface area contributed by atoms with Gasteiger partial charge in [-0.15, -0.1) is 0 Å². The summed E-state index contributed by atoms with van der Waals surface area (Å²) in [5.41, 5.74) is 0.183. The number of likely N-dealkylation sites (N-methyl/N-ethyl adjacent to an activating group) is 1. The van der Waals surface area contributed by atoms with E-state index in [2.05, 4.69) is 12.6 Å². The minimum atomic E-state index is -0.761. The molecule has 88 valence electrons. The van der Waals surface area contributed by atoms with Crippen LogP contribution in [0, 0.1) is 16.7 Å². The first kappa shape index (κ1) is 12.8. The molecule has 0 N–H and O–H groups in total. The molecule has 0 radical (unpaired) electrons. The summed E-state index contributed by atoms with van der Waals surface area (Å²) < 4.78 is 0. The molecule has 0 heterocycles. The highest BCUT2D eigenvalue weighted by Gasteiger charge is 2.41. The molecule has 1 aliphatic rings. The van der Waals surface area contributed by atoms with Crippen molar-refractivity contribution in [3.05, 3.63) is 12.2 Å². The van der Waals surface area contributed by atoms with E-state index in [1.54, 1.807) is 11.9 Å². The largest absolute Gasteiger partial charge is 0.340 e. The summed E-state index contributed by atoms with van der Waals surface area (Å²) in [6, 6.07) is 2.25. The summed E-state index contributed by atoms with van der Waals surface area (Å²) in [5, 5.41) is 9.28. The quantitative estimate of drug-likeness (QED) is 0.686. The average Bonchev–Trinajstić information content (AvgIpc) is 2.28. The van der Waals surface area contributed by atoms with Gasteiger partial charge in [0.05, 0.1) is 6.07 Å². The van der Waals surface area contributed by atoms with E-state index in [-0.39, 0.29) is 5.91 Å². The van der Waals surface area contributed by atoms with Crippen molar-refractivity contribution < 1.29 is 4.79 Å². The molecule has 1 amide bonds. The second-order valence-corrected chi connectivity index (χ2v) is 4.87. The predicted octanol–water partition coefficient (Wildman–Crippen LogP) is 2.49. The molecule has 0 atom stereocenters. The van der Waals surface area contributed by atoms with Crippen LogP contribution in [0.2, 0.25) is 0 Å². The van der Waals surface area contributed by atoms with Gasteiger partial charge in [-0.1, -0.05) is 31.4 Å². The molecule has 0 aromatic carbocycles. The summed E-state index contributed by atoms with van der Waals surface area (Å²) in [7, 11) is 1.75. The standard InChI is InChI=1S/C13H20N2O/c1-11(2)9-15(3)12(16)13(10-14)7-5-4-6-8-13/h1,4-9H2,2-3H3. The van der Waals surface area contributed by atoms with Crippen LogP contribution < -0.4 is 0 Å². The Kier molecular flexibility index (Phi) is 4.12. The third-order valence-electron chi connectivity index (χ3n) is 3.18. The SMILES string of the molecule is C=C(C)CN(C)C(=O)C1(C#N)CCCCC1. The van der Waals surface area contributed by atoms with Gasteiger partial charge in [-0.25, -0.2) is 0 Å². The second-order valence-electron chi connectivity index (χ2n) is 4.87. The summed E-state index contributed by atoms with van der Waals surface area (Å²) in [4.78, 5) is 13.9. The third kappa shape index (κ3) is 2.63. The Hall–Kier alpha value is -1.30. The van der Waals surface area contributed by atoms with Crippen LogP contribution in [0.15, 0.2) is 12.2 Å². The van der Waals surface area contributed by atoms with Crippen LogP contribution in [0.3, 0.4) is 0 Å². The number of nitrogens with zero attached hydrogens (tertiary/aromatic N) is 2. The summed E-state index contributed by atoms with van der Waals surface area (Å²) in [6.45, 7) is 6.23. The average molecular weight is 220 g/mol. The van der Waals surface area contributed by atoms with Crippen molar-refractivity contribution in [2.45, 2.75) is 39.0 Å². The Balaban J connectivity index is 2.76. The number of carbonyl (C=O) groups is 1. The van der Waals surface area contributed by atoms with Crippen LogP contribution in [0.4, 0.5) is 0 Å². The maximum absolute atomic E-state index is 12.2. The molecule has 0 aromatic rings. The van der Waals surface area contributed by atoms with E-state index in [9.17, 15) is 10.1 Å². The number of amides is 1. The Labute approximate surface area is 97.7 Å². The Bertz CT molecular complexity index is 321. The van der Waals surface area contributed by atoms with Gasteiger partial charge in [0.1, 0.15) is 5.41 Å². The van der Waals surface area contributed by atoms with Crippen molar-refractivity contribution >= 4 is 5.91 Å². The molecule has 3 nitrogen and oxygen atoms in total. The molecule has 1 fully saturated rings. The highest BCUT2D eigenvalue weighted by atomic mass is 16.2. The molecule has 0 unspecified atom stereocenters. The van der Waals surface area contributed by atoms with Gasteiger partial charge in [0.25, 0.3) is 0 Å². The summed E-state index contributed by atoms with van der Waals surface area (Å²) in [5.74, 6) is -0.0299. The molecule has 16 heavy (non-hydrogen) atoms. The van der Waals surface area contributed by atoms with Crippen LogP contribution in [0.25, 0.3) is 0 Å². The van der Waals surface area contributed by atoms with E-state index in [1.165, 1.54) is 0 Å². The zero-order chi connectivity index (χ0) is 12.2. The molecule has 3 heteroatoms. The Morgan fingerprint density at radius 1 is 1.44 bits per heavy atom. The number of hydrogen-bond acceptors (Lipinski definition) is 2. The monoisotopic (exact) mass is 220 g/mol. The fourth-order valence-electron chi connectivity index (χ4n) is 2.37. The number of rotatable bonds is 3. The lowest BCUT2D eigenvalue weighted by atomic mass is 9.74. The van der Waals surface area contributed by atoms with E-state index in [4.69, 9.17) is 0 Å². The van der Waals surface area contributed by atoms with Crippen LogP contribution in [-0.2, 0) is 4.79 Å². The minimum absolute atomic E-state index is 0.0299. The van der Waals surface area contributed by atoms with Crippen LogP contribution in [-0.4, -0.2) is 24.4 Å². The van der Waals surface area contributed by atoms with E-state index in [0.29, 0.717) is 19.4 Å². The van der Waals surface area contributed by atoms with Crippen LogP contribution >= 0.6 is 0 Å². The Morgan fingerprint density at radius 3 is 2.44 bits per heavy atom. The van der Waals surface area contributed by atoms with Crippen molar-refractivity contribution in [3.63, 3.8) is 0 Å². The first-order valence-corrected chi connectivity index (χ1v) is 5.83. The number of nitriles is 1. The molecule has 1 rings (SSSR count). The fourth-order valence-corrected chi connectivity index (χ4v) is 2.37. The zero-order valence-electron chi connectivity index (χ0n) is 10.3. The predicted molar refractivity (Wildman–Crippen MR) is 63.6 cm³/mol. The molecule has 0 aromatic heterocycles. The maximum atomic E-state index is 12.2. The number of hydrogen-bond donors (Lipinski definition) is 0. The first-order chi connectivity index (χ1) is 7.52. The smallest absolute Gasteiger partial charge is 0.243 e. The summed E-state index contributed by atoms with van der Waals surface area (Å²) in [6.07, 6.45) is 4.53. The Morgan fingerprint density at radius 2 is 2.00 bits per heavy atom. The van der Waals surface area contributed by atoms with Crippen molar-refractivity contribution in [1.29, 1.82) is 5.26 Å². The maximum Gasteiger partial charge on any atom is 0.243 e.